The van der Waals surface area contributed by atoms with Crippen molar-refractivity contribution in [2.24, 2.45) is 5.92 Å². The number of morpholine rings is 1. The van der Waals surface area contributed by atoms with Crippen LogP contribution in [0.1, 0.15) is 25.3 Å². The Morgan fingerprint density at radius 1 is 1.24 bits per heavy atom. The molecule has 0 bridgehead atoms. The molecular weight excluding hydrogens is 489 g/mol. The molecular formula is C26H33F3N4O4. The van der Waals surface area contributed by atoms with Gasteiger partial charge in [0.05, 0.1) is 19.8 Å². The summed E-state index contributed by atoms with van der Waals surface area (Å²) in [6, 6.07) is 8.84. The number of aromatic nitrogens is 1. The van der Waals surface area contributed by atoms with E-state index in [1.165, 1.54) is 4.90 Å². The van der Waals surface area contributed by atoms with E-state index in [1.807, 2.05) is 25.1 Å². The minimum atomic E-state index is -4.23. The van der Waals surface area contributed by atoms with Crippen LogP contribution in [-0.4, -0.2) is 79.3 Å². The molecule has 0 unspecified atom stereocenters. The highest BCUT2D eigenvalue weighted by Crippen LogP contribution is 2.33. The quantitative estimate of drug-likeness (QED) is 0.559. The predicted octanol–water partition coefficient (Wildman–Crippen LogP) is 4.46. The van der Waals surface area contributed by atoms with E-state index in [0.29, 0.717) is 50.8 Å². The molecule has 4 rings (SSSR count). The van der Waals surface area contributed by atoms with Crippen molar-refractivity contribution in [3.05, 3.63) is 35.9 Å². The number of carbonyl (C=O) groups excluding carboxylic acids is 1. The van der Waals surface area contributed by atoms with Crippen LogP contribution in [-0.2, 0) is 4.74 Å². The minimum Gasteiger partial charge on any atom is -0.472 e. The van der Waals surface area contributed by atoms with Gasteiger partial charge < -0.3 is 29.7 Å². The Morgan fingerprint density at radius 2 is 2.00 bits per heavy atom. The number of anilines is 2. The number of pyridine rings is 1. The number of aliphatic hydroxyl groups is 1. The van der Waals surface area contributed by atoms with Crippen LogP contribution in [0, 0.1) is 12.8 Å². The normalized spacial score (nSPS) is 19.1. The van der Waals surface area contributed by atoms with Gasteiger partial charge in [0.1, 0.15) is 11.9 Å². The number of rotatable bonds is 7. The van der Waals surface area contributed by atoms with E-state index >= 15 is 0 Å². The maximum atomic E-state index is 12.8. The Balaban J connectivity index is 1.55. The number of hydrogen-bond acceptors (Lipinski definition) is 6. The summed E-state index contributed by atoms with van der Waals surface area (Å²) in [5.41, 5.74) is 3.19. The zero-order valence-electron chi connectivity index (χ0n) is 21.1. The molecule has 37 heavy (non-hydrogen) atoms. The van der Waals surface area contributed by atoms with E-state index in [9.17, 15) is 23.1 Å². The Hall–Kier alpha value is -3.05. The summed E-state index contributed by atoms with van der Waals surface area (Å²) < 4.78 is 49.5. The number of carbonyl (C=O) groups is 1. The van der Waals surface area contributed by atoms with E-state index < -0.39 is 30.7 Å². The topological polar surface area (TPSA) is 87.2 Å². The molecule has 1 aromatic heterocycles. The Kier molecular flexibility index (Phi) is 8.43. The second kappa shape index (κ2) is 11.6. The number of nitrogens with zero attached hydrogens (tertiary/aromatic N) is 3. The van der Waals surface area contributed by atoms with Gasteiger partial charge in [0.2, 0.25) is 5.88 Å². The summed E-state index contributed by atoms with van der Waals surface area (Å²) in [6.45, 7) is 6.49. The van der Waals surface area contributed by atoms with Gasteiger partial charge in [-0.25, -0.2) is 4.79 Å². The first kappa shape index (κ1) is 27.0. The van der Waals surface area contributed by atoms with Crippen LogP contribution in [0.3, 0.4) is 0 Å². The fourth-order valence-corrected chi connectivity index (χ4v) is 4.63. The van der Waals surface area contributed by atoms with E-state index in [2.05, 4.69) is 15.2 Å². The van der Waals surface area contributed by atoms with Crippen molar-refractivity contribution < 1.29 is 32.5 Å². The Bertz CT molecular complexity index is 1090. The zero-order chi connectivity index (χ0) is 26.6. The monoisotopic (exact) mass is 522 g/mol. The molecule has 0 aliphatic carbocycles. The van der Waals surface area contributed by atoms with Crippen molar-refractivity contribution in [1.82, 2.24) is 9.88 Å². The fraction of sp³-hybridized carbons (Fsp3) is 0.538. The lowest BCUT2D eigenvalue weighted by molar-refractivity contribution is -0.143. The fourth-order valence-electron chi connectivity index (χ4n) is 4.63. The molecule has 0 spiro atoms. The first-order valence-electron chi connectivity index (χ1n) is 12.5. The Morgan fingerprint density at radius 3 is 2.70 bits per heavy atom. The highest BCUT2D eigenvalue weighted by molar-refractivity contribution is 5.90. The van der Waals surface area contributed by atoms with Crippen molar-refractivity contribution in [3.63, 3.8) is 0 Å². The van der Waals surface area contributed by atoms with Crippen LogP contribution in [0.2, 0.25) is 0 Å². The van der Waals surface area contributed by atoms with Gasteiger partial charge in [-0.3, -0.25) is 0 Å². The number of benzene rings is 1. The van der Waals surface area contributed by atoms with Gasteiger partial charge in [0.25, 0.3) is 0 Å². The summed E-state index contributed by atoms with van der Waals surface area (Å²) in [4.78, 5) is 21.0. The summed E-state index contributed by atoms with van der Waals surface area (Å²) >= 11 is 0. The van der Waals surface area contributed by atoms with E-state index in [1.54, 1.807) is 19.1 Å². The number of likely N-dealkylation sites (tertiary alicyclic amines) is 1. The predicted molar refractivity (Wildman–Crippen MR) is 134 cm³/mol. The molecule has 1 aromatic carbocycles. The minimum absolute atomic E-state index is 0.0844. The summed E-state index contributed by atoms with van der Waals surface area (Å²) in [6.07, 6.45) is -5.21. The molecule has 2 N–H and O–H groups in total. The van der Waals surface area contributed by atoms with Crippen molar-refractivity contribution in [3.8, 4) is 17.0 Å². The van der Waals surface area contributed by atoms with E-state index in [0.717, 1.165) is 22.5 Å². The number of hydrogen-bond donors (Lipinski definition) is 2. The van der Waals surface area contributed by atoms with Crippen molar-refractivity contribution in [2.45, 2.75) is 39.0 Å². The number of urea groups is 1. The molecule has 0 radical (unpaired) electrons. The number of amides is 2. The molecule has 2 amide bonds. The standard InChI is InChI=1S/C26H33F3N4O4/c1-17-3-4-21(30-25(35)33-6-5-19(15-33)14-26(27,28)29)13-22(17)20-11-23(32-7-9-36-10-8-32)31-24(12-20)37-18(2)16-34/h3-4,11-13,18-19,34H,5-10,14-16H2,1-2H3,(H,30,35)/t18-,19+/m1/s1. The van der Waals surface area contributed by atoms with Gasteiger partial charge in [-0.2, -0.15) is 18.2 Å². The van der Waals surface area contributed by atoms with Crippen LogP contribution in [0.5, 0.6) is 5.88 Å². The number of nitrogens with one attached hydrogen (secondary N) is 1. The lowest BCUT2D eigenvalue weighted by Crippen LogP contribution is -2.36. The molecule has 3 heterocycles. The summed E-state index contributed by atoms with van der Waals surface area (Å²) in [5.74, 6) is 0.527. The van der Waals surface area contributed by atoms with E-state index in [-0.39, 0.29) is 13.2 Å². The average Bonchev–Trinajstić information content (AvgIpc) is 3.32. The van der Waals surface area contributed by atoms with Crippen LogP contribution < -0.4 is 15.0 Å². The second-order valence-electron chi connectivity index (χ2n) is 9.64. The van der Waals surface area contributed by atoms with Crippen LogP contribution in [0.25, 0.3) is 11.1 Å². The molecule has 2 aliphatic heterocycles. The molecule has 8 nitrogen and oxygen atoms in total. The maximum absolute atomic E-state index is 12.8. The first-order chi connectivity index (χ1) is 17.6. The molecule has 202 valence electrons. The van der Waals surface area contributed by atoms with Crippen LogP contribution >= 0.6 is 0 Å². The highest BCUT2D eigenvalue weighted by Gasteiger charge is 2.36. The first-order valence-corrected chi connectivity index (χ1v) is 12.5. The number of alkyl halides is 3. The number of aryl methyl sites for hydroxylation is 1. The molecule has 2 fully saturated rings. The van der Waals surface area contributed by atoms with Gasteiger partial charge in [-0.05, 0) is 61.1 Å². The number of halogens is 3. The SMILES string of the molecule is Cc1ccc(NC(=O)N2CC[C@@H](CC(F)(F)F)C2)cc1-c1cc(O[C@H](C)CO)nc(N2CCOCC2)c1. The van der Waals surface area contributed by atoms with Gasteiger partial charge in [-0.1, -0.05) is 6.07 Å². The van der Waals surface area contributed by atoms with Crippen LogP contribution in [0.15, 0.2) is 30.3 Å². The van der Waals surface area contributed by atoms with Crippen molar-refractivity contribution >= 4 is 17.5 Å². The molecule has 2 atom stereocenters. The third-order valence-corrected chi connectivity index (χ3v) is 6.60. The maximum Gasteiger partial charge on any atom is 0.389 e. The third kappa shape index (κ3) is 7.26. The molecule has 0 saturated carbocycles. The summed E-state index contributed by atoms with van der Waals surface area (Å²) in [5, 5.41) is 12.3. The van der Waals surface area contributed by atoms with Crippen LogP contribution in [0.4, 0.5) is 29.5 Å². The average molecular weight is 523 g/mol. The smallest absolute Gasteiger partial charge is 0.389 e. The number of aliphatic hydroxyl groups excluding tert-OH is 1. The van der Waals surface area contributed by atoms with Gasteiger partial charge in [-0.15, -0.1) is 0 Å². The van der Waals surface area contributed by atoms with E-state index in [4.69, 9.17) is 9.47 Å². The Labute approximate surface area is 214 Å². The largest absolute Gasteiger partial charge is 0.472 e. The number of ether oxygens (including phenoxy) is 2. The van der Waals surface area contributed by atoms with Gasteiger partial charge in [0.15, 0.2) is 0 Å². The second-order valence-corrected chi connectivity index (χ2v) is 9.64. The lowest BCUT2D eigenvalue weighted by atomic mass is 10.00. The molecule has 2 saturated heterocycles. The molecule has 2 aliphatic rings. The molecule has 11 heteroatoms. The third-order valence-electron chi connectivity index (χ3n) is 6.60. The van der Waals surface area contributed by atoms with Gasteiger partial charge >= 0.3 is 12.2 Å². The van der Waals surface area contributed by atoms with Crippen molar-refractivity contribution in [2.75, 3.05) is 56.2 Å². The van der Waals surface area contributed by atoms with Gasteiger partial charge in [0, 0.05) is 44.4 Å². The molecule has 2 aromatic rings. The highest BCUT2D eigenvalue weighted by atomic mass is 19.4. The van der Waals surface area contributed by atoms with Crippen molar-refractivity contribution in [1.29, 1.82) is 0 Å². The zero-order valence-corrected chi connectivity index (χ0v) is 21.1. The summed E-state index contributed by atoms with van der Waals surface area (Å²) in [7, 11) is 0. The lowest BCUT2D eigenvalue weighted by Gasteiger charge is -2.28.